The van der Waals surface area contributed by atoms with E-state index in [4.69, 9.17) is 10.5 Å². The fourth-order valence-electron chi connectivity index (χ4n) is 1.92. The molecule has 0 aromatic carbocycles. The first-order chi connectivity index (χ1) is 9.70. The number of hydrogen-bond acceptors (Lipinski definition) is 6. The van der Waals surface area contributed by atoms with Crippen LogP contribution in [0.15, 0.2) is 36.7 Å². The summed E-state index contributed by atoms with van der Waals surface area (Å²) in [5.74, 6) is -0.434. The second-order valence-electron chi connectivity index (χ2n) is 4.12. The third kappa shape index (κ3) is 2.00. The summed E-state index contributed by atoms with van der Waals surface area (Å²) in [4.78, 5) is 21.3. The van der Waals surface area contributed by atoms with Crippen molar-refractivity contribution in [2.45, 2.75) is 0 Å². The van der Waals surface area contributed by atoms with Crippen LogP contribution in [0, 0.1) is 0 Å². The van der Waals surface area contributed by atoms with Crippen molar-refractivity contribution in [3.8, 4) is 11.3 Å². The van der Waals surface area contributed by atoms with Gasteiger partial charge in [0.2, 0.25) is 0 Å². The van der Waals surface area contributed by atoms with Gasteiger partial charge >= 0.3 is 5.97 Å². The molecule has 0 radical (unpaired) electrons. The van der Waals surface area contributed by atoms with Crippen molar-refractivity contribution in [1.29, 1.82) is 0 Å². The lowest BCUT2D eigenvalue weighted by molar-refractivity contribution is 0.0607. The highest BCUT2D eigenvalue weighted by Gasteiger charge is 2.17. The fraction of sp³-hybridized carbons (Fsp3) is 0.0714. The number of thiophene rings is 1. The van der Waals surface area contributed by atoms with Gasteiger partial charge < -0.3 is 10.5 Å². The molecule has 0 aliphatic carbocycles. The Morgan fingerprint density at radius 2 is 2.00 bits per heavy atom. The molecule has 0 bridgehead atoms. The summed E-state index contributed by atoms with van der Waals surface area (Å²) in [5, 5.41) is 0.771. The quantitative estimate of drug-likeness (QED) is 0.732. The molecule has 0 atom stereocenters. The lowest BCUT2D eigenvalue weighted by atomic mass is 10.1. The zero-order valence-corrected chi connectivity index (χ0v) is 11.5. The van der Waals surface area contributed by atoms with Gasteiger partial charge in [-0.25, -0.2) is 9.78 Å². The third-order valence-electron chi connectivity index (χ3n) is 2.94. The fourth-order valence-corrected chi connectivity index (χ4v) is 2.94. The highest BCUT2D eigenvalue weighted by molar-refractivity contribution is 7.21. The lowest BCUT2D eigenvalue weighted by Crippen LogP contribution is -2.01. The predicted molar refractivity (Wildman–Crippen MR) is 78.6 cm³/mol. The van der Waals surface area contributed by atoms with Crippen molar-refractivity contribution >= 4 is 33.2 Å². The summed E-state index contributed by atoms with van der Waals surface area (Å²) in [6.07, 6.45) is 3.42. The maximum absolute atomic E-state index is 11.6. The van der Waals surface area contributed by atoms with Crippen LogP contribution >= 0.6 is 11.3 Å². The zero-order valence-electron chi connectivity index (χ0n) is 10.7. The normalized spacial score (nSPS) is 10.7. The first-order valence-corrected chi connectivity index (χ1v) is 6.70. The number of carbonyl (C=O) groups excluding carboxylic acids is 1. The topological polar surface area (TPSA) is 78.1 Å². The number of methoxy groups -OCH3 is 1. The van der Waals surface area contributed by atoms with E-state index in [1.807, 2.05) is 24.3 Å². The van der Waals surface area contributed by atoms with Crippen molar-refractivity contribution < 1.29 is 9.53 Å². The summed E-state index contributed by atoms with van der Waals surface area (Å²) in [6.45, 7) is 0. The minimum absolute atomic E-state index is 0.391. The van der Waals surface area contributed by atoms with Crippen LogP contribution in [0.3, 0.4) is 0 Å². The molecule has 0 saturated heterocycles. The van der Waals surface area contributed by atoms with Gasteiger partial charge in [0, 0.05) is 23.3 Å². The maximum Gasteiger partial charge on any atom is 0.350 e. The van der Waals surface area contributed by atoms with Crippen LogP contribution in [-0.4, -0.2) is 23.0 Å². The Morgan fingerprint density at radius 1 is 1.25 bits per heavy atom. The Morgan fingerprint density at radius 3 is 2.70 bits per heavy atom. The molecule has 6 heteroatoms. The van der Waals surface area contributed by atoms with Crippen LogP contribution in [0.25, 0.3) is 21.5 Å². The molecular formula is C14H11N3O2S. The molecule has 100 valence electrons. The van der Waals surface area contributed by atoms with Crippen molar-refractivity contribution in [3.63, 3.8) is 0 Å². The molecule has 0 aliphatic rings. The van der Waals surface area contributed by atoms with Gasteiger partial charge in [0.25, 0.3) is 0 Å². The van der Waals surface area contributed by atoms with Gasteiger partial charge in [0.15, 0.2) is 0 Å². The Bertz CT molecular complexity index is 784. The average molecular weight is 285 g/mol. The first kappa shape index (κ1) is 12.6. The van der Waals surface area contributed by atoms with E-state index >= 15 is 0 Å². The van der Waals surface area contributed by atoms with Gasteiger partial charge in [-0.15, -0.1) is 11.3 Å². The molecule has 3 aromatic rings. The number of esters is 1. The van der Waals surface area contributed by atoms with E-state index in [0.717, 1.165) is 21.5 Å². The van der Waals surface area contributed by atoms with E-state index in [2.05, 4.69) is 9.97 Å². The van der Waals surface area contributed by atoms with Crippen LogP contribution in [0.1, 0.15) is 9.67 Å². The van der Waals surface area contributed by atoms with Gasteiger partial charge in [0.1, 0.15) is 9.71 Å². The molecular weight excluding hydrogens is 274 g/mol. The van der Waals surface area contributed by atoms with E-state index in [1.165, 1.54) is 18.4 Å². The minimum atomic E-state index is -0.434. The van der Waals surface area contributed by atoms with Crippen molar-refractivity contribution in [3.05, 3.63) is 41.5 Å². The second kappa shape index (κ2) is 4.90. The number of nitrogen functional groups attached to an aromatic ring is 1. The van der Waals surface area contributed by atoms with Crippen LogP contribution in [0.5, 0.6) is 0 Å². The van der Waals surface area contributed by atoms with Gasteiger partial charge in [0.05, 0.1) is 18.5 Å². The first-order valence-electron chi connectivity index (χ1n) is 5.88. The smallest absolute Gasteiger partial charge is 0.350 e. The van der Waals surface area contributed by atoms with Crippen molar-refractivity contribution in [2.24, 2.45) is 0 Å². The molecule has 0 fully saturated rings. The van der Waals surface area contributed by atoms with Gasteiger partial charge in [-0.2, -0.15) is 0 Å². The summed E-state index contributed by atoms with van der Waals surface area (Å²) in [7, 11) is 1.34. The summed E-state index contributed by atoms with van der Waals surface area (Å²) in [6, 6.07) is 7.51. The standard InChI is InChI=1S/C14H11N3O2S/c1-19-14(18)12-11(15)9-2-3-10(17-13(9)20-12)8-4-6-16-7-5-8/h2-7H,15H2,1H3. The number of hydrogen-bond donors (Lipinski definition) is 1. The predicted octanol–water partition coefficient (Wildman–Crippen LogP) is 2.73. The van der Waals surface area contributed by atoms with Gasteiger partial charge in [-0.05, 0) is 24.3 Å². The molecule has 3 rings (SSSR count). The molecule has 20 heavy (non-hydrogen) atoms. The highest BCUT2D eigenvalue weighted by Crippen LogP contribution is 2.34. The SMILES string of the molecule is COC(=O)c1sc2nc(-c3ccncc3)ccc2c1N. The maximum atomic E-state index is 11.6. The number of anilines is 1. The van der Waals surface area contributed by atoms with Crippen molar-refractivity contribution in [1.82, 2.24) is 9.97 Å². The number of aromatic nitrogens is 2. The Hall–Kier alpha value is -2.47. The second-order valence-corrected chi connectivity index (χ2v) is 5.12. The molecule has 2 N–H and O–H groups in total. The number of pyridine rings is 2. The molecule has 0 aliphatic heterocycles. The number of rotatable bonds is 2. The molecule has 5 nitrogen and oxygen atoms in total. The summed E-state index contributed by atoms with van der Waals surface area (Å²) >= 11 is 1.24. The number of carbonyl (C=O) groups is 1. The van der Waals surface area contributed by atoms with Crippen molar-refractivity contribution in [2.75, 3.05) is 12.8 Å². The molecule has 0 spiro atoms. The van der Waals surface area contributed by atoms with Gasteiger partial charge in [-0.3, -0.25) is 4.98 Å². The number of ether oxygens (including phenoxy) is 1. The van der Waals surface area contributed by atoms with Crippen LogP contribution in [0.2, 0.25) is 0 Å². The van der Waals surface area contributed by atoms with E-state index < -0.39 is 5.97 Å². The molecule has 0 unspecified atom stereocenters. The van der Waals surface area contributed by atoms with Crippen LogP contribution in [-0.2, 0) is 4.74 Å². The minimum Gasteiger partial charge on any atom is -0.465 e. The van der Waals surface area contributed by atoms with E-state index in [1.54, 1.807) is 12.4 Å². The van der Waals surface area contributed by atoms with Gasteiger partial charge in [-0.1, -0.05) is 0 Å². The Labute approximate surface area is 119 Å². The molecule has 0 saturated carbocycles. The summed E-state index contributed by atoms with van der Waals surface area (Å²) < 4.78 is 4.72. The third-order valence-corrected chi connectivity index (χ3v) is 4.04. The Kier molecular flexibility index (Phi) is 3.08. The molecule has 3 heterocycles. The Balaban J connectivity index is 2.15. The lowest BCUT2D eigenvalue weighted by Gasteiger charge is -2.00. The van der Waals surface area contributed by atoms with Crippen LogP contribution in [0.4, 0.5) is 5.69 Å². The zero-order chi connectivity index (χ0) is 14.1. The van der Waals surface area contributed by atoms with E-state index in [-0.39, 0.29) is 0 Å². The molecule has 3 aromatic heterocycles. The highest BCUT2D eigenvalue weighted by atomic mass is 32.1. The number of nitrogens with zero attached hydrogens (tertiary/aromatic N) is 2. The number of fused-ring (bicyclic) bond motifs is 1. The summed E-state index contributed by atoms with van der Waals surface area (Å²) in [5.41, 5.74) is 8.17. The molecule has 0 amide bonds. The van der Waals surface area contributed by atoms with Crippen LogP contribution < -0.4 is 5.73 Å². The average Bonchev–Trinajstić information content (AvgIpc) is 2.84. The van der Waals surface area contributed by atoms with E-state index in [9.17, 15) is 4.79 Å². The largest absolute Gasteiger partial charge is 0.465 e. The monoisotopic (exact) mass is 285 g/mol. The van der Waals surface area contributed by atoms with E-state index in [0.29, 0.717) is 10.6 Å². The number of nitrogens with two attached hydrogens (primary N) is 1.